The Balaban J connectivity index is 2.50. The summed E-state index contributed by atoms with van der Waals surface area (Å²) in [6, 6.07) is 0. The van der Waals surface area contributed by atoms with E-state index in [4.69, 9.17) is 15.2 Å². The van der Waals surface area contributed by atoms with E-state index in [9.17, 15) is 4.79 Å². The quantitative estimate of drug-likeness (QED) is 0.738. The predicted molar refractivity (Wildman–Crippen MR) is 70.3 cm³/mol. The molecule has 0 saturated carbocycles. The highest BCUT2D eigenvalue weighted by atomic mass is 16.5. The van der Waals surface area contributed by atoms with E-state index in [2.05, 4.69) is 18.7 Å². The summed E-state index contributed by atoms with van der Waals surface area (Å²) in [5.74, 6) is -0.323. The first-order chi connectivity index (χ1) is 8.29. The Kier molecular flexibility index (Phi) is 5.13. The van der Waals surface area contributed by atoms with Gasteiger partial charge in [0.15, 0.2) is 0 Å². The maximum Gasteiger partial charge on any atom is 0.325 e. The van der Waals surface area contributed by atoms with Gasteiger partial charge in [0.25, 0.3) is 0 Å². The number of hydrogen-bond acceptors (Lipinski definition) is 5. The summed E-state index contributed by atoms with van der Waals surface area (Å²) in [5, 5.41) is 0. The standard InChI is InChI=1S/C13H26N2O3/c1-5-18-11(16)13(4,14)6-7-15-8-9-17-10-12(15,2)3/h5-10,14H2,1-4H3. The van der Waals surface area contributed by atoms with Gasteiger partial charge in [-0.1, -0.05) is 0 Å². The lowest BCUT2D eigenvalue weighted by atomic mass is 9.96. The molecule has 0 aromatic heterocycles. The number of nitrogens with zero attached hydrogens (tertiary/aromatic N) is 1. The molecule has 2 N–H and O–H groups in total. The van der Waals surface area contributed by atoms with Crippen LogP contribution in [0.4, 0.5) is 0 Å². The number of esters is 1. The summed E-state index contributed by atoms with van der Waals surface area (Å²) in [5.41, 5.74) is 5.11. The molecule has 0 amide bonds. The van der Waals surface area contributed by atoms with Gasteiger partial charge in [0.2, 0.25) is 0 Å². The van der Waals surface area contributed by atoms with Crippen molar-refractivity contribution < 1.29 is 14.3 Å². The van der Waals surface area contributed by atoms with Gasteiger partial charge in [0.1, 0.15) is 5.54 Å². The lowest BCUT2D eigenvalue weighted by molar-refractivity contribution is -0.149. The molecule has 0 bridgehead atoms. The van der Waals surface area contributed by atoms with Crippen LogP contribution in [0.2, 0.25) is 0 Å². The Morgan fingerprint density at radius 2 is 2.22 bits per heavy atom. The number of nitrogens with two attached hydrogens (primary N) is 1. The van der Waals surface area contributed by atoms with E-state index in [1.807, 2.05) is 0 Å². The molecule has 0 radical (unpaired) electrons. The number of hydrogen-bond donors (Lipinski definition) is 1. The Labute approximate surface area is 110 Å². The molecular formula is C13H26N2O3. The first kappa shape index (κ1) is 15.4. The van der Waals surface area contributed by atoms with Crippen LogP contribution in [0.25, 0.3) is 0 Å². The van der Waals surface area contributed by atoms with Crippen LogP contribution >= 0.6 is 0 Å². The zero-order chi connectivity index (χ0) is 13.8. The van der Waals surface area contributed by atoms with Gasteiger partial charge in [0, 0.05) is 18.6 Å². The molecule has 0 aliphatic carbocycles. The van der Waals surface area contributed by atoms with Gasteiger partial charge < -0.3 is 15.2 Å². The van der Waals surface area contributed by atoms with Crippen LogP contribution in [-0.2, 0) is 14.3 Å². The molecule has 1 aliphatic heterocycles. The van der Waals surface area contributed by atoms with E-state index in [1.54, 1.807) is 13.8 Å². The van der Waals surface area contributed by atoms with Crippen molar-refractivity contribution in [3.05, 3.63) is 0 Å². The van der Waals surface area contributed by atoms with E-state index >= 15 is 0 Å². The monoisotopic (exact) mass is 258 g/mol. The van der Waals surface area contributed by atoms with Gasteiger partial charge in [-0.3, -0.25) is 9.69 Å². The molecule has 0 spiro atoms. The third kappa shape index (κ3) is 3.93. The second-order valence-electron chi connectivity index (χ2n) is 5.74. The third-order valence-corrected chi connectivity index (χ3v) is 3.46. The second-order valence-corrected chi connectivity index (χ2v) is 5.74. The van der Waals surface area contributed by atoms with Crippen LogP contribution in [-0.4, -0.2) is 54.9 Å². The van der Waals surface area contributed by atoms with Crippen LogP contribution in [0.15, 0.2) is 0 Å². The number of ether oxygens (including phenoxy) is 2. The average molecular weight is 258 g/mol. The predicted octanol–water partition coefficient (Wildman–Crippen LogP) is 0.768. The Morgan fingerprint density at radius 1 is 1.56 bits per heavy atom. The van der Waals surface area contributed by atoms with Crippen molar-refractivity contribution in [3.8, 4) is 0 Å². The summed E-state index contributed by atoms with van der Waals surface area (Å²) in [6.45, 7) is 11.3. The van der Waals surface area contributed by atoms with Crippen molar-refractivity contribution in [3.63, 3.8) is 0 Å². The number of carbonyl (C=O) groups excluding carboxylic acids is 1. The van der Waals surface area contributed by atoms with Crippen LogP contribution in [0.1, 0.15) is 34.1 Å². The molecule has 0 aromatic carbocycles. The van der Waals surface area contributed by atoms with Gasteiger partial charge in [-0.2, -0.15) is 0 Å². The van der Waals surface area contributed by atoms with Gasteiger partial charge in [-0.05, 0) is 34.1 Å². The fourth-order valence-corrected chi connectivity index (χ4v) is 2.07. The molecule has 18 heavy (non-hydrogen) atoms. The molecule has 1 atom stereocenters. The molecule has 1 saturated heterocycles. The van der Waals surface area contributed by atoms with Crippen molar-refractivity contribution in [1.29, 1.82) is 0 Å². The third-order valence-electron chi connectivity index (χ3n) is 3.46. The molecule has 1 fully saturated rings. The van der Waals surface area contributed by atoms with E-state index in [0.717, 1.165) is 19.7 Å². The topological polar surface area (TPSA) is 64.8 Å². The highest BCUT2D eigenvalue weighted by molar-refractivity contribution is 5.79. The molecule has 1 heterocycles. The minimum Gasteiger partial charge on any atom is -0.465 e. The average Bonchev–Trinajstić information content (AvgIpc) is 2.27. The molecule has 1 aliphatic rings. The van der Waals surface area contributed by atoms with E-state index in [-0.39, 0.29) is 11.5 Å². The van der Waals surface area contributed by atoms with Crippen molar-refractivity contribution in [2.45, 2.75) is 45.2 Å². The summed E-state index contributed by atoms with van der Waals surface area (Å²) in [6.07, 6.45) is 0.593. The maximum absolute atomic E-state index is 11.7. The summed E-state index contributed by atoms with van der Waals surface area (Å²) in [4.78, 5) is 14.0. The maximum atomic E-state index is 11.7. The van der Waals surface area contributed by atoms with Gasteiger partial charge in [-0.25, -0.2) is 0 Å². The van der Waals surface area contributed by atoms with Gasteiger partial charge in [0.05, 0.1) is 19.8 Å². The van der Waals surface area contributed by atoms with E-state index < -0.39 is 5.54 Å². The Hall–Kier alpha value is -0.650. The zero-order valence-corrected chi connectivity index (χ0v) is 12.0. The van der Waals surface area contributed by atoms with Crippen molar-refractivity contribution in [1.82, 2.24) is 4.90 Å². The fraction of sp³-hybridized carbons (Fsp3) is 0.923. The largest absolute Gasteiger partial charge is 0.465 e. The van der Waals surface area contributed by atoms with Crippen molar-refractivity contribution in [2.75, 3.05) is 32.9 Å². The number of carbonyl (C=O) groups is 1. The molecule has 5 nitrogen and oxygen atoms in total. The Bertz CT molecular complexity index is 290. The summed E-state index contributed by atoms with van der Waals surface area (Å²) >= 11 is 0. The first-order valence-corrected chi connectivity index (χ1v) is 6.58. The lowest BCUT2D eigenvalue weighted by Crippen LogP contribution is -2.56. The minimum absolute atomic E-state index is 0.00297. The summed E-state index contributed by atoms with van der Waals surface area (Å²) < 4.78 is 10.5. The number of rotatable bonds is 5. The van der Waals surface area contributed by atoms with Crippen molar-refractivity contribution in [2.24, 2.45) is 5.73 Å². The first-order valence-electron chi connectivity index (χ1n) is 6.58. The smallest absolute Gasteiger partial charge is 0.325 e. The molecule has 5 heteroatoms. The molecule has 106 valence electrons. The van der Waals surface area contributed by atoms with Crippen LogP contribution in [0.3, 0.4) is 0 Å². The molecular weight excluding hydrogens is 232 g/mol. The van der Waals surface area contributed by atoms with Crippen LogP contribution < -0.4 is 5.73 Å². The van der Waals surface area contributed by atoms with Gasteiger partial charge in [-0.15, -0.1) is 0 Å². The zero-order valence-electron chi connectivity index (χ0n) is 12.0. The molecule has 1 unspecified atom stereocenters. The van der Waals surface area contributed by atoms with Gasteiger partial charge >= 0.3 is 5.97 Å². The summed E-state index contributed by atoms with van der Waals surface area (Å²) in [7, 11) is 0. The normalized spacial score (nSPS) is 23.4. The van der Waals surface area contributed by atoms with E-state index in [0.29, 0.717) is 19.6 Å². The SMILES string of the molecule is CCOC(=O)C(C)(N)CCN1CCOCC1(C)C. The lowest BCUT2D eigenvalue weighted by Gasteiger charge is -2.43. The highest BCUT2D eigenvalue weighted by Crippen LogP contribution is 2.21. The second kappa shape index (κ2) is 5.99. The van der Waals surface area contributed by atoms with Crippen molar-refractivity contribution >= 4 is 5.97 Å². The molecule has 0 aromatic rings. The Morgan fingerprint density at radius 3 is 2.78 bits per heavy atom. The van der Waals surface area contributed by atoms with Crippen LogP contribution in [0.5, 0.6) is 0 Å². The fourth-order valence-electron chi connectivity index (χ4n) is 2.07. The molecule has 1 rings (SSSR count). The van der Waals surface area contributed by atoms with E-state index in [1.165, 1.54) is 0 Å². The minimum atomic E-state index is -0.912. The number of morpholine rings is 1. The van der Waals surface area contributed by atoms with Crippen LogP contribution in [0, 0.1) is 0 Å². The highest BCUT2D eigenvalue weighted by Gasteiger charge is 2.35.